The van der Waals surface area contributed by atoms with Gasteiger partial charge in [0.15, 0.2) is 5.82 Å². The molecule has 1 aromatic carbocycles. The minimum absolute atomic E-state index is 0.181. The van der Waals surface area contributed by atoms with E-state index in [1.165, 1.54) is 0 Å². The Morgan fingerprint density at radius 1 is 1.29 bits per heavy atom. The molecule has 8 heteroatoms. The molecule has 0 spiro atoms. The quantitative estimate of drug-likeness (QED) is 0.889. The van der Waals surface area contributed by atoms with Crippen molar-refractivity contribution in [3.63, 3.8) is 0 Å². The molecule has 0 bridgehead atoms. The highest BCUT2D eigenvalue weighted by Crippen LogP contribution is 2.19. The van der Waals surface area contributed by atoms with E-state index in [0.29, 0.717) is 18.7 Å². The zero-order valence-corrected chi connectivity index (χ0v) is 12.4. The molecular formula is C13H16N4O3S. The van der Waals surface area contributed by atoms with Crippen molar-refractivity contribution in [2.24, 2.45) is 0 Å². The fourth-order valence-corrected chi connectivity index (χ4v) is 3.91. The van der Waals surface area contributed by atoms with Crippen LogP contribution < -0.4 is 10.1 Å². The van der Waals surface area contributed by atoms with Crippen molar-refractivity contribution >= 4 is 10.0 Å². The number of hydrogen-bond acceptors (Lipinski definition) is 4. The summed E-state index contributed by atoms with van der Waals surface area (Å²) in [5.41, 5.74) is 0.534. The average Bonchev–Trinajstić information content (AvgIpc) is 2.89. The van der Waals surface area contributed by atoms with Gasteiger partial charge in [-0.2, -0.15) is 22.6 Å². The van der Waals surface area contributed by atoms with Crippen LogP contribution in [0, 0.1) is 0 Å². The molecule has 1 N–H and O–H groups in total. The number of H-pyrrole nitrogens is 1. The second-order valence-electron chi connectivity index (χ2n) is 4.91. The summed E-state index contributed by atoms with van der Waals surface area (Å²) in [6.07, 6.45) is 2.06. The average molecular weight is 308 g/mol. The van der Waals surface area contributed by atoms with Crippen LogP contribution in [0.25, 0.3) is 0 Å². The Balaban J connectivity index is 2.06. The fraction of sp³-hybridized carbons (Fsp3) is 0.385. The molecule has 112 valence electrons. The van der Waals surface area contributed by atoms with E-state index < -0.39 is 15.7 Å². The summed E-state index contributed by atoms with van der Waals surface area (Å²) >= 11 is 0. The Morgan fingerprint density at radius 3 is 2.67 bits per heavy atom. The molecule has 2 aromatic rings. The van der Waals surface area contributed by atoms with Crippen LogP contribution in [-0.2, 0) is 22.9 Å². The van der Waals surface area contributed by atoms with Crippen LogP contribution in [0.2, 0.25) is 0 Å². The Kier molecular flexibility index (Phi) is 3.32. The first kappa shape index (κ1) is 13.9. The molecule has 0 saturated carbocycles. The number of nitrogens with one attached hydrogen (secondary N) is 1. The van der Waals surface area contributed by atoms with Gasteiger partial charge in [-0.1, -0.05) is 19.1 Å². The number of rotatable bonds is 3. The summed E-state index contributed by atoms with van der Waals surface area (Å²) in [4.78, 5) is 12.0. The molecule has 1 aliphatic rings. The van der Waals surface area contributed by atoms with Crippen molar-refractivity contribution in [3.8, 4) is 0 Å². The molecule has 0 aliphatic carbocycles. The number of hydrogen-bond donors (Lipinski definition) is 1. The van der Waals surface area contributed by atoms with E-state index in [-0.39, 0.29) is 11.4 Å². The molecule has 2 heterocycles. The topological polar surface area (TPSA) is 88.1 Å². The molecule has 0 saturated heterocycles. The number of aromatic nitrogens is 3. The van der Waals surface area contributed by atoms with Crippen molar-refractivity contribution in [3.05, 3.63) is 46.1 Å². The van der Waals surface area contributed by atoms with Gasteiger partial charge in [0.2, 0.25) is 0 Å². The van der Waals surface area contributed by atoms with E-state index in [9.17, 15) is 13.2 Å². The van der Waals surface area contributed by atoms with Gasteiger partial charge in [0, 0.05) is 6.42 Å². The Bertz CT molecular complexity index is 805. The van der Waals surface area contributed by atoms with E-state index in [1.807, 2.05) is 6.92 Å². The third-order valence-corrected chi connectivity index (χ3v) is 5.37. The third kappa shape index (κ3) is 2.25. The lowest BCUT2D eigenvalue weighted by Crippen LogP contribution is -2.49. The zero-order chi connectivity index (χ0) is 15.0. The highest BCUT2D eigenvalue weighted by molar-refractivity contribution is 7.92. The van der Waals surface area contributed by atoms with Crippen LogP contribution in [0.5, 0.6) is 0 Å². The molecule has 7 nitrogen and oxygen atoms in total. The molecular weight excluding hydrogens is 292 g/mol. The molecule has 0 amide bonds. The maximum absolute atomic E-state index is 12.7. The van der Waals surface area contributed by atoms with Gasteiger partial charge in [-0.25, -0.2) is 9.89 Å². The smallest absolute Gasteiger partial charge is 0.244 e. The number of nitrogens with zero attached hydrogens (tertiary/aromatic N) is 3. The molecule has 1 aromatic heterocycles. The molecule has 0 fully saturated rings. The van der Waals surface area contributed by atoms with Crippen molar-refractivity contribution in [1.29, 1.82) is 0 Å². The monoisotopic (exact) mass is 308 g/mol. The summed E-state index contributed by atoms with van der Waals surface area (Å²) in [6.45, 7) is 2.27. The van der Waals surface area contributed by atoms with E-state index in [2.05, 4.69) is 10.2 Å². The van der Waals surface area contributed by atoms with Gasteiger partial charge in [0.1, 0.15) is 0 Å². The van der Waals surface area contributed by atoms with E-state index in [0.717, 1.165) is 21.1 Å². The number of fused-ring (bicyclic) bond motifs is 1. The van der Waals surface area contributed by atoms with Gasteiger partial charge in [-0.3, -0.25) is 0 Å². The van der Waals surface area contributed by atoms with Crippen LogP contribution >= 0.6 is 0 Å². The minimum Gasteiger partial charge on any atom is -0.244 e. The molecule has 0 atom stereocenters. The van der Waals surface area contributed by atoms with Crippen LogP contribution in [-0.4, -0.2) is 29.8 Å². The highest BCUT2D eigenvalue weighted by atomic mass is 32.2. The standard InChI is InChI=1S/C13H16N4O3S/c1-2-10-5-7-11(8-6-10)21(19,20)16-9-3-4-12-14-15-13(18)17(12)16/h5-8H,2-4,9H2,1H3,(H,15,18). The first-order chi connectivity index (χ1) is 10.0. The lowest BCUT2D eigenvalue weighted by atomic mass is 10.2. The minimum atomic E-state index is -3.76. The van der Waals surface area contributed by atoms with E-state index in [1.54, 1.807) is 24.3 Å². The first-order valence-electron chi connectivity index (χ1n) is 6.82. The lowest BCUT2D eigenvalue weighted by Gasteiger charge is -2.28. The zero-order valence-electron chi connectivity index (χ0n) is 11.6. The Morgan fingerprint density at radius 2 is 2.00 bits per heavy atom. The van der Waals surface area contributed by atoms with Crippen molar-refractivity contribution in [2.45, 2.75) is 31.1 Å². The van der Waals surface area contributed by atoms with Gasteiger partial charge >= 0.3 is 5.69 Å². The maximum atomic E-state index is 12.7. The molecule has 0 radical (unpaired) electrons. The lowest BCUT2D eigenvalue weighted by molar-refractivity contribution is 0.527. The summed E-state index contributed by atoms with van der Waals surface area (Å²) in [5.74, 6) is 0.444. The fourth-order valence-electron chi connectivity index (χ4n) is 2.44. The summed E-state index contributed by atoms with van der Waals surface area (Å²) in [7, 11) is -3.76. The van der Waals surface area contributed by atoms with Gasteiger partial charge in [-0.15, -0.1) is 0 Å². The van der Waals surface area contributed by atoms with Gasteiger partial charge in [0.25, 0.3) is 10.0 Å². The first-order valence-corrected chi connectivity index (χ1v) is 8.26. The number of sulfonamides is 1. The normalized spacial score (nSPS) is 15.0. The van der Waals surface area contributed by atoms with Crippen LogP contribution in [0.3, 0.4) is 0 Å². The Hall–Kier alpha value is -2.09. The summed E-state index contributed by atoms with van der Waals surface area (Å²) in [5, 5.41) is 6.16. The predicted octanol–water partition coefficient (Wildman–Crippen LogP) is 0.407. The van der Waals surface area contributed by atoms with Gasteiger partial charge in [-0.05, 0) is 30.5 Å². The third-order valence-electron chi connectivity index (χ3n) is 3.60. The van der Waals surface area contributed by atoms with Crippen LogP contribution in [0.1, 0.15) is 24.7 Å². The second-order valence-corrected chi connectivity index (χ2v) is 6.75. The number of benzene rings is 1. The summed E-state index contributed by atoms with van der Waals surface area (Å²) in [6, 6.07) is 6.73. The molecule has 0 unspecified atom stereocenters. The van der Waals surface area contributed by atoms with E-state index >= 15 is 0 Å². The van der Waals surface area contributed by atoms with Crippen molar-refractivity contribution in [2.75, 3.05) is 11.0 Å². The molecule has 1 aliphatic heterocycles. The molecule has 21 heavy (non-hydrogen) atoms. The van der Waals surface area contributed by atoms with E-state index in [4.69, 9.17) is 0 Å². The summed E-state index contributed by atoms with van der Waals surface area (Å²) < 4.78 is 27.7. The molecule has 3 rings (SSSR count). The van der Waals surface area contributed by atoms with Gasteiger partial charge in [0.05, 0.1) is 11.4 Å². The van der Waals surface area contributed by atoms with Crippen molar-refractivity contribution in [1.82, 2.24) is 14.9 Å². The Labute approximate surface area is 122 Å². The number of aromatic amines is 1. The van der Waals surface area contributed by atoms with Crippen LogP contribution in [0.15, 0.2) is 34.0 Å². The van der Waals surface area contributed by atoms with Gasteiger partial charge < -0.3 is 0 Å². The maximum Gasteiger partial charge on any atom is 0.363 e. The highest BCUT2D eigenvalue weighted by Gasteiger charge is 2.31. The van der Waals surface area contributed by atoms with Crippen LogP contribution in [0.4, 0.5) is 0 Å². The number of aryl methyl sites for hydroxylation is 2. The largest absolute Gasteiger partial charge is 0.363 e. The second kappa shape index (κ2) is 5.03. The SMILES string of the molecule is CCc1ccc(S(=O)(=O)N2CCCc3n[nH]c(=O)n32)cc1. The van der Waals surface area contributed by atoms with Crippen molar-refractivity contribution < 1.29 is 8.42 Å². The predicted molar refractivity (Wildman–Crippen MR) is 77.3 cm³/mol.